The van der Waals surface area contributed by atoms with Gasteiger partial charge >= 0.3 is 5.97 Å². The lowest BCUT2D eigenvalue weighted by Crippen LogP contribution is -2.38. The van der Waals surface area contributed by atoms with Crippen LogP contribution >= 0.6 is 0 Å². The van der Waals surface area contributed by atoms with Crippen molar-refractivity contribution < 1.29 is 14.3 Å². The lowest BCUT2D eigenvalue weighted by atomic mass is 9.83. The minimum Gasteiger partial charge on any atom is -0.469 e. The van der Waals surface area contributed by atoms with E-state index in [1.807, 2.05) is 25.1 Å². The van der Waals surface area contributed by atoms with E-state index in [0.717, 1.165) is 18.4 Å². The highest BCUT2D eigenvalue weighted by molar-refractivity contribution is 5.74. The van der Waals surface area contributed by atoms with E-state index in [4.69, 9.17) is 9.47 Å². The molecule has 3 heteroatoms. The number of hydrogen-bond acceptors (Lipinski definition) is 3. The zero-order chi connectivity index (χ0) is 12.5. The molecule has 1 aliphatic carbocycles. The smallest absolute Gasteiger partial charge is 0.311 e. The molecule has 3 nitrogen and oxygen atoms in total. The largest absolute Gasteiger partial charge is 0.469 e. The van der Waals surface area contributed by atoms with Crippen LogP contribution in [0.15, 0.2) is 24.3 Å². The van der Waals surface area contributed by atoms with Gasteiger partial charge in [0.2, 0.25) is 0 Å². The summed E-state index contributed by atoms with van der Waals surface area (Å²) >= 11 is 0. The van der Waals surface area contributed by atoms with Crippen LogP contribution in [0, 0.1) is 5.92 Å². The summed E-state index contributed by atoms with van der Waals surface area (Å²) in [6.07, 6.45) is 1.78. The maximum absolute atomic E-state index is 11.8. The SMILES string of the molecule is COC(=O)[C@@H](C)[C@@]1(OC)CCc2ccccc21. The molecule has 1 aromatic carbocycles. The summed E-state index contributed by atoms with van der Waals surface area (Å²) in [6.45, 7) is 1.87. The molecule has 0 fully saturated rings. The van der Waals surface area contributed by atoms with Gasteiger partial charge in [0.05, 0.1) is 13.0 Å². The van der Waals surface area contributed by atoms with Crippen molar-refractivity contribution in [1.82, 2.24) is 0 Å². The van der Waals surface area contributed by atoms with Gasteiger partial charge in [-0.25, -0.2) is 0 Å². The standard InChI is InChI=1S/C14H18O3/c1-10(13(15)16-2)14(17-3)9-8-11-6-4-5-7-12(11)14/h4-7,10H,8-9H2,1-3H3/t10-,14+/m1/s1. The summed E-state index contributed by atoms with van der Waals surface area (Å²) in [4.78, 5) is 11.8. The van der Waals surface area contributed by atoms with Gasteiger partial charge in [0.15, 0.2) is 0 Å². The molecule has 0 aliphatic heterocycles. The third-order valence-corrected chi connectivity index (χ3v) is 3.86. The zero-order valence-corrected chi connectivity index (χ0v) is 10.5. The first-order chi connectivity index (χ1) is 8.15. The van der Waals surface area contributed by atoms with Crippen molar-refractivity contribution in [3.05, 3.63) is 35.4 Å². The summed E-state index contributed by atoms with van der Waals surface area (Å²) in [5.41, 5.74) is 1.87. The topological polar surface area (TPSA) is 35.5 Å². The van der Waals surface area contributed by atoms with Crippen LogP contribution < -0.4 is 0 Å². The number of hydrogen-bond donors (Lipinski definition) is 0. The number of esters is 1. The van der Waals surface area contributed by atoms with E-state index in [1.54, 1.807) is 7.11 Å². The Balaban J connectivity index is 2.44. The first-order valence-electron chi connectivity index (χ1n) is 5.87. The van der Waals surface area contributed by atoms with Gasteiger partial charge in [0, 0.05) is 7.11 Å². The van der Waals surface area contributed by atoms with Crippen LogP contribution in [0.5, 0.6) is 0 Å². The molecule has 0 heterocycles. The van der Waals surface area contributed by atoms with Crippen molar-refractivity contribution in [3.63, 3.8) is 0 Å². The number of ether oxygens (including phenoxy) is 2. The van der Waals surface area contributed by atoms with Crippen LogP contribution in [-0.2, 0) is 26.3 Å². The second-order valence-corrected chi connectivity index (χ2v) is 4.50. The Morgan fingerprint density at radius 2 is 2.06 bits per heavy atom. The molecule has 0 bridgehead atoms. The summed E-state index contributed by atoms with van der Waals surface area (Å²) < 4.78 is 10.6. The van der Waals surface area contributed by atoms with Crippen LogP contribution in [0.3, 0.4) is 0 Å². The van der Waals surface area contributed by atoms with Crippen molar-refractivity contribution in [2.75, 3.05) is 14.2 Å². The van der Waals surface area contributed by atoms with Gasteiger partial charge in [0.25, 0.3) is 0 Å². The first kappa shape index (κ1) is 12.1. The summed E-state index contributed by atoms with van der Waals surface area (Å²) in [5, 5.41) is 0. The monoisotopic (exact) mass is 234 g/mol. The van der Waals surface area contributed by atoms with E-state index in [1.165, 1.54) is 12.7 Å². The molecule has 0 N–H and O–H groups in total. The summed E-state index contributed by atoms with van der Waals surface area (Å²) in [7, 11) is 3.09. The Hall–Kier alpha value is -1.35. The molecule has 2 rings (SSSR count). The fraction of sp³-hybridized carbons (Fsp3) is 0.500. The van der Waals surface area contributed by atoms with Crippen LogP contribution in [0.1, 0.15) is 24.5 Å². The molecule has 2 atom stereocenters. The quantitative estimate of drug-likeness (QED) is 0.753. The predicted molar refractivity (Wildman–Crippen MR) is 64.6 cm³/mol. The van der Waals surface area contributed by atoms with Gasteiger partial charge in [-0.1, -0.05) is 24.3 Å². The highest BCUT2D eigenvalue weighted by atomic mass is 16.5. The molecule has 1 aliphatic rings. The van der Waals surface area contributed by atoms with Gasteiger partial charge in [-0.2, -0.15) is 0 Å². The molecule has 17 heavy (non-hydrogen) atoms. The van der Waals surface area contributed by atoms with Crippen LogP contribution in [0.25, 0.3) is 0 Å². The average Bonchev–Trinajstić information content (AvgIpc) is 2.77. The molecule has 0 saturated heterocycles. The number of fused-ring (bicyclic) bond motifs is 1. The molecule has 0 amide bonds. The Kier molecular flexibility index (Phi) is 3.20. The van der Waals surface area contributed by atoms with Gasteiger partial charge in [0.1, 0.15) is 5.60 Å². The van der Waals surface area contributed by atoms with Crippen molar-refractivity contribution in [3.8, 4) is 0 Å². The summed E-state index contributed by atoms with van der Waals surface area (Å²) in [5.74, 6) is -0.510. The van der Waals surface area contributed by atoms with Crippen molar-refractivity contribution in [1.29, 1.82) is 0 Å². The molecule has 0 spiro atoms. The molecular formula is C14H18O3. The van der Waals surface area contributed by atoms with Crippen LogP contribution in [0.2, 0.25) is 0 Å². The van der Waals surface area contributed by atoms with Gasteiger partial charge in [-0.15, -0.1) is 0 Å². The Bertz CT molecular complexity index is 427. The number of carbonyl (C=O) groups is 1. The fourth-order valence-corrected chi connectivity index (χ4v) is 2.81. The van der Waals surface area contributed by atoms with Crippen LogP contribution in [0.4, 0.5) is 0 Å². The highest BCUT2D eigenvalue weighted by Gasteiger charge is 2.46. The maximum atomic E-state index is 11.8. The van der Waals surface area contributed by atoms with Gasteiger partial charge < -0.3 is 9.47 Å². The maximum Gasteiger partial charge on any atom is 0.311 e. The van der Waals surface area contributed by atoms with E-state index in [9.17, 15) is 4.79 Å². The Labute approximate surface area is 102 Å². The third kappa shape index (κ3) is 1.75. The lowest BCUT2D eigenvalue weighted by molar-refractivity contribution is -0.158. The number of methoxy groups -OCH3 is 2. The van der Waals surface area contributed by atoms with E-state index >= 15 is 0 Å². The normalized spacial score (nSPS) is 24.2. The van der Waals surface area contributed by atoms with E-state index < -0.39 is 5.60 Å². The zero-order valence-electron chi connectivity index (χ0n) is 10.5. The average molecular weight is 234 g/mol. The number of rotatable bonds is 3. The second-order valence-electron chi connectivity index (χ2n) is 4.50. The van der Waals surface area contributed by atoms with Crippen molar-refractivity contribution in [2.24, 2.45) is 5.92 Å². The molecule has 1 aromatic rings. The fourth-order valence-electron chi connectivity index (χ4n) is 2.81. The van der Waals surface area contributed by atoms with E-state index in [2.05, 4.69) is 6.07 Å². The van der Waals surface area contributed by atoms with Crippen molar-refractivity contribution in [2.45, 2.75) is 25.4 Å². The second kappa shape index (κ2) is 4.49. The number of aryl methyl sites for hydroxylation is 1. The number of carbonyl (C=O) groups excluding carboxylic acids is 1. The van der Waals surface area contributed by atoms with E-state index in [-0.39, 0.29) is 11.9 Å². The lowest BCUT2D eigenvalue weighted by Gasteiger charge is -2.33. The third-order valence-electron chi connectivity index (χ3n) is 3.86. The van der Waals surface area contributed by atoms with Crippen LogP contribution in [-0.4, -0.2) is 20.2 Å². The molecule has 0 aromatic heterocycles. The predicted octanol–water partition coefficient (Wildman–Crippen LogP) is 2.28. The van der Waals surface area contributed by atoms with E-state index in [0.29, 0.717) is 0 Å². The molecular weight excluding hydrogens is 216 g/mol. The summed E-state index contributed by atoms with van der Waals surface area (Å²) in [6, 6.07) is 8.15. The molecule has 0 radical (unpaired) electrons. The van der Waals surface area contributed by atoms with Gasteiger partial charge in [-0.05, 0) is 30.9 Å². The Morgan fingerprint density at radius 3 is 2.71 bits per heavy atom. The minimum absolute atomic E-state index is 0.219. The molecule has 0 unspecified atom stereocenters. The Morgan fingerprint density at radius 1 is 1.35 bits per heavy atom. The first-order valence-corrected chi connectivity index (χ1v) is 5.87. The number of benzene rings is 1. The molecule has 92 valence electrons. The van der Waals surface area contributed by atoms with Gasteiger partial charge in [-0.3, -0.25) is 4.79 Å². The minimum atomic E-state index is -0.524. The van der Waals surface area contributed by atoms with Crippen molar-refractivity contribution >= 4 is 5.97 Å². The highest BCUT2D eigenvalue weighted by Crippen LogP contribution is 2.45. The molecule has 0 saturated carbocycles.